The summed E-state index contributed by atoms with van der Waals surface area (Å²) in [6.45, 7) is 4.81. The SMILES string of the molecule is CC(=O)N1CCc2ccc(CC3CCNCC3)cc21. The lowest BCUT2D eigenvalue weighted by molar-refractivity contribution is -0.116. The number of carbonyl (C=O) groups excluding carboxylic acids is 1. The first-order valence-corrected chi connectivity index (χ1v) is 7.34. The van der Waals surface area contributed by atoms with Crippen molar-refractivity contribution in [3.05, 3.63) is 29.3 Å². The summed E-state index contributed by atoms with van der Waals surface area (Å²) >= 11 is 0. The second-order valence-electron chi connectivity index (χ2n) is 5.78. The van der Waals surface area contributed by atoms with Crippen LogP contribution in [0.4, 0.5) is 5.69 Å². The summed E-state index contributed by atoms with van der Waals surface area (Å²) in [5, 5.41) is 3.41. The maximum absolute atomic E-state index is 11.6. The van der Waals surface area contributed by atoms with Gasteiger partial charge in [0.1, 0.15) is 0 Å². The van der Waals surface area contributed by atoms with Gasteiger partial charge in [0, 0.05) is 19.2 Å². The number of piperidine rings is 1. The van der Waals surface area contributed by atoms with Crippen LogP contribution in [0.25, 0.3) is 0 Å². The van der Waals surface area contributed by atoms with Gasteiger partial charge in [-0.05, 0) is 61.9 Å². The summed E-state index contributed by atoms with van der Waals surface area (Å²) in [6.07, 6.45) is 4.70. The Kier molecular flexibility index (Phi) is 3.56. The largest absolute Gasteiger partial charge is 0.317 e. The molecule has 0 aliphatic carbocycles. The van der Waals surface area contributed by atoms with Gasteiger partial charge in [0.25, 0.3) is 0 Å². The molecule has 1 aromatic rings. The first kappa shape index (κ1) is 12.7. The number of rotatable bonds is 2. The maximum atomic E-state index is 11.6. The van der Waals surface area contributed by atoms with Crippen molar-refractivity contribution < 1.29 is 4.79 Å². The first-order valence-electron chi connectivity index (χ1n) is 7.34. The molecule has 19 heavy (non-hydrogen) atoms. The fourth-order valence-electron chi connectivity index (χ4n) is 3.30. The van der Waals surface area contributed by atoms with Crippen molar-refractivity contribution >= 4 is 11.6 Å². The third-order valence-electron chi connectivity index (χ3n) is 4.41. The molecular weight excluding hydrogens is 236 g/mol. The van der Waals surface area contributed by atoms with Crippen molar-refractivity contribution in [2.24, 2.45) is 5.92 Å². The van der Waals surface area contributed by atoms with E-state index in [4.69, 9.17) is 0 Å². The lowest BCUT2D eigenvalue weighted by Gasteiger charge is -2.23. The van der Waals surface area contributed by atoms with Gasteiger partial charge < -0.3 is 10.2 Å². The summed E-state index contributed by atoms with van der Waals surface area (Å²) < 4.78 is 0. The fourth-order valence-corrected chi connectivity index (χ4v) is 3.30. The van der Waals surface area contributed by atoms with Gasteiger partial charge in [-0.15, -0.1) is 0 Å². The number of nitrogens with one attached hydrogen (secondary N) is 1. The van der Waals surface area contributed by atoms with E-state index in [1.165, 1.54) is 24.0 Å². The summed E-state index contributed by atoms with van der Waals surface area (Å²) in [6, 6.07) is 6.71. The fraction of sp³-hybridized carbons (Fsp3) is 0.562. The molecule has 0 saturated carbocycles. The second kappa shape index (κ2) is 5.33. The highest BCUT2D eigenvalue weighted by molar-refractivity contribution is 5.93. The molecule has 0 unspecified atom stereocenters. The zero-order valence-electron chi connectivity index (χ0n) is 11.6. The Hall–Kier alpha value is -1.35. The molecule has 1 aromatic carbocycles. The molecule has 1 amide bonds. The van der Waals surface area contributed by atoms with Gasteiger partial charge in [0.05, 0.1) is 0 Å². The number of hydrogen-bond acceptors (Lipinski definition) is 2. The minimum atomic E-state index is 0.165. The Morgan fingerprint density at radius 3 is 2.89 bits per heavy atom. The van der Waals surface area contributed by atoms with E-state index in [-0.39, 0.29) is 5.91 Å². The minimum absolute atomic E-state index is 0.165. The van der Waals surface area contributed by atoms with Crippen LogP contribution in [-0.2, 0) is 17.6 Å². The summed E-state index contributed by atoms with van der Waals surface area (Å²) in [5.41, 5.74) is 3.86. The monoisotopic (exact) mass is 258 g/mol. The molecule has 3 rings (SSSR count). The first-order chi connectivity index (χ1) is 9.24. The predicted octanol–water partition coefficient (Wildman–Crippen LogP) is 2.14. The molecule has 1 N–H and O–H groups in total. The minimum Gasteiger partial charge on any atom is -0.317 e. The van der Waals surface area contributed by atoms with Crippen molar-refractivity contribution in [2.75, 3.05) is 24.5 Å². The van der Waals surface area contributed by atoms with Crippen molar-refractivity contribution in [2.45, 2.75) is 32.6 Å². The van der Waals surface area contributed by atoms with Gasteiger partial charge in [0.2, 0.25) is 5.91 Å². The molecule has 0 spiro atoms. The van der Waals surface area contributed by atoms with Crippen molar-refractivity contribution in [1.82, 2.24) is 5.32 Å². The third-order valence-corrected chi connectivity index (χ3v) is 4.41. The van der Waals surface area contributed by atoms with Gasteiger partial charge in [-0.2, -0.15) is 0 Å². The Bertz CT molecular complexity index is 478. The van der Waals surface area contributed by atoms with E-state index in [2.05, 4.69) is 23.5 Å². The molecule has 2 aliphatic heterocycles. The highest BCUT2D eigenvalue weighted by Crippen LogP contribution is 2.30. The van der Waals surface area contributed by atoms with Crippen LogP contribution in [0.3, 0.4) is 0 Å². The summed E-state index contributed by atoms with van der Waals surface area (Å²) in [7, 11) is 0. The van der Waals surface area contributed by atoms with E-state index < -0.39 is 0 Å². The molecule has 1 saturated heterocycles. The van der Waals surface area contributed by atoms with Crippen LogP contribution < -0.4 is 10.2 Å². The standard InChI is InChI=1S/C16H22N2O/c1-12(19)18-9-6-15-3-2-14(11-16(15)18)10-13-4-7-17-8-5-13/h2-3,11,13,17H,4-10H2,1H3. The molecule has 0 atom stereocenters. The molecule has 3 nitrogen and oxygen atoms in total. The smallest absolute Gasteiger partial charge is 0.223 e. The van der Waals surface area contributed by atoms with E-state index in [9.17, 15) is 4.79 Å². The summed E-state index contributed by atoms with van der Waals surface area (Å²) in [4.78, 5) is 13.5. The third kappa shape index (κ3) is 2.66. The van der Waals surface area contributed by atoms with E-state index >= 15 is 0 Å². The predicted molar refractivity (Wildman–Crippen MR) is 77.5 cm³/mol. The van der Waals surface area contributed by atoms with E-state index in [0.29, 0.717) is 0 Å². The maximum Gasteiger partial charge on any atom is 0.223 e. The van der Waals surface area contributed by atoms with E-state index in [1.54, 1.807) is 6.92 Å². The molecule has 0 radical (unpaired) electrons. The number of anilines is 1. The highest BCUT2D eigenvalue weighted by Gasteiger charge is 2.23. The zero-order valence-corrected chi connectivity index (χ0v) is 11.6. The van der Waals surface area contributed by atoms with Gasteiger partial charge in [-0.1, -0.05) is 12.1 Å². The number of carbonyl (C=O) groups is 1. The molecule has 102 valence electrons. The molecular formula is C16H22N2O. The number of fused-ring (bicyclic) bond motifs is 1. The molecule has 1 fully saturated rings. The molecule has 2 heterocycles. The van der Waals surface area contributed by atoms with Crippen LogP contribution in [0.1, 0.15) is 30.9 Å². The molecule has 2 aliphatic rings. The molecule has 0 aromatic heterocycles. The average molecular weight is 258 g/mol. The van der Waals surface area contributed by atoms with Crippen molar-refractivity contribution in [3.63, 3.8) is 0 Å². The number of amides is 1. The van der Waals surface area contributed by atoms with Crippen molar-refractivity contribution in [1.29, 1.82) is 0 Å². The quantitative estimate of drug-likeness (QED) is 0.881. The Balaban J connectivity index is 1.77. The lowest BCUT2D eigenvalue weighted by atomic mass is 9.90. The lowest BCUT2D eigenvalue weighted by Crippen LogP contribution is -2.28. The number of benzene rings is 1. The van der Waals surface area contributed by atoms with Crippen LogP contribution in [0.15, 0.2) is 18.2 Å². The highest BCUT2D eigenvalue weighted by atomic mass is 16.2. The second-order valence-corrected chi connectivity index (χ2v) is 5.78. The normalized spacial score (nSPS) is 19.5. The van der Waals surface area contributed by atoms with E-state index in [0.717, 1.165) is 44.1 Å². The molecule has 0 bridgehead atoms. The molecule has 3 heteroatoms. The van der Waals surface area contributed by atoms with Crippen LogP contribution in [-0.4, -0.2) is 25.5 Å². The zero-order chi connectivity index (χ0) is 13.2. The van der Waals surface area contributed by atoms with Gasteiger partial charge in [-0.3, -0.25) is 4.79 Å². The average Bonchev–Trinajstić information content (AvgIpc) is 2.83. The van der Waals surface area contributed by atoms with Crippen LogP contribution in [0.5, 0.6) is 0 Å². The van der Waals surface area contributed by atoms with Crippen molar-refractivity contribution in [3.8, 4) is 0 Å². The van der Waals surface area contributed by atoms with Gasteiger partial charge in [-0.25, -0.2) is 0 Å². The Labute approximate surface area is 115 Å². The van der Waals surface area contributed by atoms with Gasteiger partial charge in [0.15, 0.2) is 0 Å². The summed E-state index contributed by atoms with van der Waals surface area (Å²) in [5.74, 6) is 0.962. The van der Waals surface area contributed by atoms with Crippen LogP contribution >= 0.6 is 0 Å². The van der Waals surface area contributed by atoms with E-state index in [1.807, 2.05) is 4.90 Å². The number of nitrogens with zero attached hydrogens (tertiary/aromatic N) is 1. The van der Waals surface area contributed by atoms with Crippen LogP contribution in [0.2, 0.25) is 0 Å². The van der Waals surface area contributed by atoms with Crippen LogP contribution in [0, 0.1) is 5.92 Å². The number of hydrogen-bond donors (Lipinski definition) is 1. The topological polar surface area (TPSA) is 32.3 Å². The Morgan fingerprint density at radius 1 is 1.37 bits per heavy atom. The van der Waals surface area contributed by atoms with Gasteiger partial charge >= 0.3 is 0 Å². The Morgan fingerprint density at radius 2 is 2.16 bits per heavy atom.